The van der Waals surface area contributed by atoms with Crippen molar-refractivity contribution in [2.45, 2.75) is 25.6 Å². The fourth-order valence-electron chi connectivity index (χ4n) is 2.73. The van der Waals surface area contributed by atoms with E-state index in [1.165, 1.54) is 11.1 Å². The number of benzene rings is 2. The summed E-state index contributed by atoms with van der Waals surface area (Å²) in [7, 11) is 0. The number of hydrogen-bond acceptors (Lipinski definition) is 2. The van der Waals surface area contributed by atoms with E-state index in [1.54, 1.807) is 0 Å². The molecule has 3 rings (SSSR count). The summed E-state index contributed by atoms with van der Waals surface area (Å²) in [5.41, 5.74) is 9.48. The molecule has 2 N–H and O–H groups in total. The number of nitrogens with zero attached hydrogens (tertiary/aromatic N) is 1. The van der Waals surface area contributed by atoms with E-state index in [-0.39, 0.29) is 5.91 Å². The standard InChI is InChI=1S/C17H17ClN2O/c18-15-7-3-4-12(8-15)9-16(19)17(21)20-10-13-5-1-2-6-14(13)11-20/h1-8,16H,9-11,19H2/t16-/m1/s1. The molecule has 0 aromatic heterocycles. The number of nitrogens with two attached hydrogens (primary N) is 1. The van der Waals surface area contributed by atoms with Crippen LogP contribution in [0.1, 0.15) is 16.7 Å². The van der Waals surface area contributed by atoms with Crippen LogP contribution in [0.2, 0.25) is 5.02 Å². The lowest BCUT2D eigenvalue weighted by Gasteiger charge is -2.20. The van der Waals surface area contributed by atoms with Gasteiger partial charge in [-0.3, -0.25) is 4.79 Å². The molecule has 108 valence electrons. The minimum atomic E-state index is -0.530. The van der Waals surface area contributed by atoms with Crippen LogP contribution < -0.4 is 5.73 Å². The Hall–Kier alpha value is -1.84. The first-order valence-electron chi connectivity index (χ1n) is 6.99. The van der Waals surface area contributed by atoms with E-state index < -0.39 is 6.04 Å². The van der Waals surface area contributed by atoms with Crippen molar-refractivity contribution in [2.75, 3.05) is 0 Å². The zero-order valence-corrected chi connectivity index (χ0v) is 12.4. The highest BCUT2D eigenvalue weighted by molar-refractivity contribution is 6.30. The highest BCUT2D eigenvalue weighted by Gasteiger charge is 2.26. The van der Waals surface area contributed by atoms with Crippen LogP contribution in [0.5, 0.6) is 0 Å². The third kappa shape index (κ3) is 3.09. The van der Waals surface area contributed by atoms with Gasteiger partial charge in [-0.1, -0.05) is 48.0 Å². The average Bonchev–Trinajstić information content (AvgIpc) is 2.90. The van der Waals surface area contributed by atoms with Crippen molar-refractivity contribution in [3.05, 3.63) is 70.2 Å². The van der Waals surface area contributed by atoms with Gasteiger partial charge in [-0.05, 0) is 35.2 Å². The second-order valence-corrected chi connectivity index (χ2v) is 5.84. The van der Waals surface area contributed by atoms with Crippen molar-refractivity contribution in [1.82, 2.24) is 4.90 Å². The summed E-state index contributed by atoms with van der Waals surface area (Å²) in [6.45, 7) is 1.30. The molecule has 0 aliphatic carbocycles. The molecular weight excluding hydrogens is 284 g/mol. The van der Waals surface area contributed by atoms with Crippen molar-refractivity contribution < 1.29 is 4.79 Å². The number of amides is 1. The van der Waals surface area contributed by atoms with Crippen LogP contribution in [-0.4, -0.2) is 16.8 Å². The first-order chi connectivity index (χ1) is 10.1. The maximum absolute atomic E-state index is 12.5. The van der Waals surface area contributed by atoms with Crippen LogP contribution >= 0.6 is 11.6 Å². The Bertz CT molecular complexity index is 646. The zero-order valence-electron chi connectivity index (χ0n) is 11.6. The molecule has 0 saturated carbocycles. The molecule has 21 heavy (non-hydrogen) atoms. The molecule has 1 aliphatic heterocycles. The molecule has 1 atom stereocenters. The first kappa shape index (κ1) is 14.1. The molecule has 0 bridgehead atoms. The van der Waals surface area contributed by atoms with Crippen LogP contribution in [0.15, 0.2) is 48.5 Å². The van der Waals surface area contributed by atoms with Gasteiger partial charge in [0.15, 0.2) is 0 Å². The Labute approximate surface area is 129 Å². The van der Waals surface area contributed by atoms with Crippen LogP contribution in [0.3, 0.4) is 0 Å². The summed E-state index contributed by atoms with van der Waals surface area (Å²) in [6.07, 6.45) is 0.506. The number of hydrogen-bond donors (Lipinski definition) is 1. The van der Waals surface area contributed by atoms with E-state index in [1.807, 2.05) is 41.3 Å². The molecule has 2 aromatic carbocycles. The number of halogens is 1. The lowest BCUT2D eigenvalue weighted by molar-refractivity contribution is -0.133. The monoisotopic (exact) mass is 300 g/mol. The van der Waals surface area contributed by atoms with Gasteiger partial charge in [-0.2, -0.15) is 0 Å². The number of carbonyl (C=O) groups is 1. The average molecular weight is 301 g/mol. The van der Waals surface area contributed by atoms with Crippen LogP contribution in [-0.2, 0) is 24.3 Å². The molecule has 1 aliphatic rings. The van der Waals surface area contributed by atoms with Crippen LogP contribution in [0.25, 0.3) is 0 Å². The van der Waals surface area contributed by atoms with Gasteiger partial charge >= 0.3 is 0 Å². The smallest absolute Gasteiger partial charge is 0.240 e. The summed E-state index contributed by atoms with van der Waals surface area (Å²) in [4.78, 5) is 14.3. The van der Waals surface area contributed by atoms with E-state index >= 15 is 0 Å². The SMILES string of the molecule is N[C@H](Cc1cccc(Cl)c1)C(=O)N1Cc2ccccc2C1. The Morgan fingerprint density at radius 2 is 1.81 bits per heavy atom. The molecule has 0 saturated heterocycles. The van der Waals surface area contributed by atoms with Crippen molar-refractivity contribution in [2.24, 2.45) is 5.73 Å². The summed E-state index contributed by atoms with van der Waals surface area (Å²) >= 11 is 5.96. The normalized spacial score (nSPS) is 14.9. The van der Waals surface area contributed by atoms with Gasteiger partial charge in [-0.15, -0.1) is 0 Å². The van der Waals surface area contributed by atoms with Crippen molar-refractivity contribution >= 4 is 17.5 Å². The van der Waals surface area contributed by atoms with Gasteiger partial charge in [0.05, 0.1) is 6.04 Å². The zero-order chi connectivity index (χ0) is 14.8. The summed E-state index contributed by atoms with van der Waals surface area (Å²) in [6, 6.07) is 15.1. The Kier molecular flexibility index (Phi) is 3.95. The maximum atomic E-state index is 12.5. The second-order valence-electron chi connectivity index (χ2n) is 5.40. The largest absolute Gasteiger partial charge is 0.333 e. The van der Waals surface area contributed by atoms with E-state index in [0.29, 0.717) is 24.5 Å². The lowest BCUT2D eigenvalue weighted by Crippen LogP contribution is -2.42. The third-order valence-electron chi connectivity index (χ3n) is 3.81. The van der Waals surface area contributed by atoms with Crippen LogP contribution in [0.4, 0.5) is 0 Å². The second kappa shape index (κ2) is 5.88. The first-order valence-corrected chi connectivity index (χ1v) is 7.37. The molecule has 1 heterocycles. The highest BCUT2D eigenvalue weighted by Crippen LogP contribution is 2.23. The van der Waals surface area contributed by atoms with Gasteiger partial charge in [0.2, 0.25) is 5.91 Å². The van der Waals surface area contributed by atoms with E-state index in [2.05, 4.69) is 12.1 Å². The summed E-state index contributed by atoms with van der Waals surface area (Å²) in [5.74, 6) is -0.00817. The van der Waals surface area contributed by atoms with Crippen LogP contribution in [0, 0.1) is 0 Å². The Morgan fingerprint density at radius 3 is 2.43 bits per heavy atom. The molecule has 4 heteroatoms. The van der Waals surface area contributed by atoms with Gasteiger partial charge < -0.3 is 10.6 Å². The number of rotatable bonds is 3. The minimum Gasteiger partial charge on any atom is -0.333 e. The number of carbonyl (C=O) groups excluding carboxylic acids is 1. The van der Waals surface area contributed by atoms with Gasteiger partial charge in [0, 0.05) is 18.1 Å². The van der Waals surface area contributed by atoms with E-state index in [4.69, 9.17) is 17.3 Å². The summed E-state index contributed by atoms with van der Waals surface area (Å²) in [5, 5.41) is 0.667. The quantitative estimate of drug-likeness (QED) is 0.947. The minimum absolute atomic E-state index is 0.00817. The van der Waals surface area contributed by atoms with Crippen molar-refractivity contribution in [3.63, 3.8) is 0 Å². The predicted octanol–water partition coefficient (Wildman–Crippen LogP) is 2.75. The van der Waals surface area contributed by atoms with Crippen molar-refractivity contribution in [1.29, 1.82) is 0 Å². The number of fused-ring (bicyclic) bond motifs is 1. The lowest BCUT2D eigenvalue weighted by atomic mass is 10.1. The molecule has 3 nitrogen and oxygen atoms in total. The van der Waals surface area contributed by atoms with Gasteiger partial charge in [0.25, 0.3) is 0 Å². The molecule has 0 fully saturated rings. The Balaban J connectivity index is 1.66. The van der Waals surface area contributed by atoms with Gasteiger partial charge in [-0.25, -0.2) is 0 Å². The molecule has 0 unspecified atom stereocenters. The molecule has 0 spiro atoms. The van der Waals surface area contributed by atoms with E-state index in [0.717, 1.165) is 5.56 Å². The highest BCUT2D eigenvalue weighted by atomic mass is 35.5. The fourth-order valence-corrected chi connectivity index (χ4v) is 2.94. The fraction of sp³-hybridized carbons (Fsp3) is 0.235. The third-order valence-corrected chi connectivity index (χ3v) is 4.05. The van der Waals surface area contributed by atoms with Crippen molar-refractivity contribution in [3.8, 4) is 0 Å². The summed E-state index contributed by atoms with van der Waals surface area (Å²) < 4.78 is 0. The molecule has 1 amide bonds. The predicted molar refractivity (Wildman–Crippen MR) is 83.8 cm³/mol. The molecular formula is C17H17ClN2O. The topological polar surface area (TPSA) is 46.3 Å². The molecule has 2 aromatic rings. The maximum Gasteiger partial charge on any atom is 0.240 e. The van der Waals surface area contributed by atoms with Gasteiger partial charge in [0.1, 0.15) is 0 Å². The van der Waals surface area contributed by atoms with E-state index in [9.17, 15) is 4.79 Å². The Morgan fingerprint density at radius 1 is 1.14 bits per heavy atom. The molecule has 0 radical (unpaired) electrons.